The number of rotatable bonds is 5. The largest absolute Gasteiger partial charge is 0.416 e. The maximum absolute atomic E-state index is 12.7. The summed E-state index contributed by atoms with van der Waals surface area (Å²) in [6.07, 6.45) is -4.35. The third kappa shape index (κ3) is 5.44. The van der Waals surface area contributed by atoms with Crippen LogP contribution >= 0.6 is 0 Å². The van der Waals surface area contributed by atoms with E-state index in [1.807, 2.05) is 0 Å². The number of sulfonamides is 1. The zero-order valence-electron chi connectivity index (χ0n) is 17.3. The van der Waals surface area contributed by atoms with Crippen LogP contribution in [0, 0.1) is 0 Å². The van der Waals surface area contributed by atoms with E-state index in [0.717, 1.165) is 22.0 Å². The molecule has 1 aliphatic heterocycles. The van der Waals surface area contributed by atoms with Gasteiger partial charge in [-0.25, -0.2) is 12.7 Å². The summed E-state index contributed by atoms with van der Waals surface area (Å²) < 4.78 is 63.4. The lowest BCUT2D eigenvalue weighted by atomic mass is 10.1. The third-order valence-corrected chi connectivity index (χ3v) is 7.06. The van der Waals surface area contributed by atoms with Gasteiger partial charge in [0, 0.05) is 52.4 Å². The molecule has 0 aliphatic carbocycles. The maximum atomic E-state index is 12.7. The van der Waals surface area contributed by atoms with Crippen LogP contribution < -0.4 is 0 Å². The fraction of sp³-hybridized carbons (Fsp3) is 0.381. The van der Waals surface area contributed by atoms with Crippen molar-refractivity contribution in [2.45, 2.75) is 17.6 Å². The van der Waals surface area contributed by atoms with Gasteiger partial charge in [0.25, 0.3) is 5.91 Å². The summed E-state index contributed by atoms with van der Waals surface area (Å²) in [4.78, 5) is 16.6. The second-order valence-corrected chi connectivity index (χ2v) is 9.73. The number of hydrogen-bond acceptors (Lipinski definition) is 4. The zero-order valence-corrected chi connectivity index (χ0v) is 18.1. The lowest BCUT2D eigenvalue weighted by Gasteiger charge is -2.34. The first-order chi connectivity index (χ1) is 14.5. The summed E-state index contributed by atoms with van der Waals surface area (Å²) in [5, 5.41) is 0. The number of alkyl halides is 3. The number of halogens is 3. The average molecular weight is 456 g/mol. The molecule has 1 fully saturated rings. The molecule has 31 heavy (non-hydrogen) atoms. The topological polar surface area (TPSA) is 60.9 Å². The van der Waals surface area contributed by atoms with E-state index in [1.165, 1.54) is 50.5 Å². The van der Waals surface area contributed by atoms with Crippen molar-refractivity contribution >= 4 is 15.9 Å². The van der Waals surface area contributed by atoms with Crippen LogP contribution in [-0.4, -0.2) is 68.7 Å². The van der Waals surface area contributed by atoms with Crippen LogP contribution in [-0.2, 0) is 22.7 Å². The first-order valence-electron chi connectivity index (χ1n) is 9.69. The molecule has 2 aromatic carbocycles. The molecular weight excluding hydrogens is 431 g/mol. The van der Waals surface area contributed by atoms with Crippen LogP contribution in [0.4, 0.5) is 13.2 Å². The molecule has 0 N–H and O–H groups in total. The number of nitrogens with zero attached hydrogens (tertiary/aromatic N) is 3. The van der Waals surface area contributed by atoms with Crippen LogP contribution in [0.3, 0.4) is 0 Å². The molecule has 6 nitrogen and oxygen atoms in total. The summed E-state index contributed by atoms with van der Waals surface area (Å²) in [5.41, 5.74) is 0.524. The van der Waals surface area contributed by atoms with Gasteiger partial charge in [-0.15, -0.1) is 0 Å². The summed E-state index contributed by atoms with van der Waals surface area (Å²) in [6, 6.07) is 11.0. The van der Waals surface area contributed by atoms with E-state index in [-0.39, 0.29) is 10.8 Å². The molecule has 0 unspecified atom stereocenters. The molecule has 3 rings (SSSR count). The molecule has 0 radical (unpaired) electrons. The van der Waals surface area contributed by atoms with Crippen molar-refractivity contribution in [1.29, 1.82) is 0 Å². The van der Waals surface area contributed by atoms with E-state index in [9.17, 15) is 26.4 Å². The van der Waals surface area contributed by atoms with Crippen molar-refractivity contribution in [3.63, 3.8) is 0 Å². The average Bonchev–Trinajstić information content (AvgIpc) is 2.73. The van der Waals surface area contributed by atoms with Gasteiger partial charge in [-0.1, -0.05) is 12.1 Å². The molecular formula is C21H24F3N3O3S. The van der Waals surface area contributed by atoms with Crippen molar-refractivity contribution < 1.29 is 26.4 Å². The predicted molar refractivity (Wildman–Crippen MR) is 110 cm³/mol. The van der Waals surface area contributed by atoms with Crippen LogP contribution in [0.2, 0.25) is 0 Å². The summed E-state index contributed by atoms with van der Waals surface area (Å²) in [7, 11) is -0.667. The van der Waals surface area contributed by atoms with Gasteiger partial charge >= 0.3 is 6.18 Å². The standard InChI is InChI=1S/C21H24F3N3O3S/c1-25(2)31(29,30)19-9-5-17(6-10-19)20(28)27-13-11-26(12-14-27)15-16-3-7-18(8-4-16)21(22,23)24/h3-10H,11-15H2,1-2H3. The highest BCUT2D eigenvalue weighted by Gasteiger charge is 2.30. The molecule has 1 aliphatic rings. The monoisotopic (exact) mass is 455 g/mol. The van der Waals surface area contributed by atoms with E-state index in [0.29, 0.717) is 38.3 Å². The molecule has 1 amide bonds. The molecule has 0 aromatic heterocycles. The number of piperazine rings is 1. The van der Waals surface area contributed by atoms with E-state index in [4.69, 9.17) is 0 Å². The first kappa shape index (κ1) is 23.2. The second-order valence-electron chi connectivity index (χ2n) is 7.57. The second kappa shape index (κ2) is 8.97. The van der Waals surface area contributed by atoms with Gasteiger partial charge in [-0.2, -0.15) is 13.2 Å². The number of hydrogen-bond donors (Lipinski definition) is 0. The Kier molecular flexibility index (Phi) is 6.73. The molecule has 1 saturated heterocycles. The Hall–Kier alpha value is -2.43. The fourth-order valence-corrected chi connectivity index (χ4v) is 4.23. The van der Waals surface area contributed by atoms with Crippen molar-refractivity contribution in [3.8, 4) is 0 Å². The SMILES string of the molecule is CN(C)S(=O)(=O)c1ccc(C(=O)N2CCN(Cc3ccc(C(F)(F)F)cc3)CC2)cc1. The Labute approximate surface area is 179 Å². The highest BCUT2D eigenvalue weighted by Crippen LogP contribution is 2.29. The Morgan fingerprint density at radius 2 is 1.48 bits per heavy atom. The smallest absolute Gasteiger partial charge is 0.336 e. The lowest BCUT2D eigenvalue weighted by Crippen LogP contribution is -2.48. The molecule has 0 saturated carbocycles. The third-order valence-electron chi connectivity index (χ3n) is 5.23. The number of carbonyl (C=O) groups excluding carboxylic acids is 1. The lowest BCUT2D eigenvalue weighted by molar-refractivity contribution is -0.137. The summed E-state index contributed by atoms with van der Waals surface area (Å²) in [6.45, 7) is 2.67. The van der Waals surface area contributed by atoms with Gasteiger partial charge in [0.05, 0.1) is 10.5 Å². The fourth-order valence-electron chi connectivity index (χ4n) is 3.33. The molecule has 10 heteroatoms. The Balaban J connectivity index is 1.56. The van der Waals surface area contributed by atoms with Crippen LogP contribution in [0.1, 0.15) is 21.5 Å². The van der Waals surface area contributed by atoms with E-state index < -0.39 is 21.8 Å². The van der Waals surface area contributed by atoms with E-state index in [1.54, 1.807) is 4.90 Å². The molecule has 0 bridgehead atoms. The first-order valence-corrected chi connectivity index (χ1v) is 11.1. The van der Waals surface area contributed by atoms with Gasteiger partial charge in [-0.3, -0.25) is 9.69 Å². The van der Waals surface area contributed by atoms with Gasteiger partial charge in [0.1, 0.15) is 0 Å². The molecule has 0 atom stereocenters. The summed E-state index contributed by atoms with van der Waals surface area (Å²) in [5.74, 6) is -0.178. The quantitative estimate of drug-likeness (QED) is 0.696. The zero-order chi connectivity index (χ0) is 22.8. The van der Waals surface area contributed by atoms with E-state index >= 15 is 0 Å². The minimum Gasteiger partial charge on any atom is -0.336 e. The van der Waals surface area contributed by atoms with Gasteiger partial charge < -0.3 is 4.90 Å². The molecule has 168 valence electrons. The van der Waals surface area contributed by atoms with Crippen LogP contribution in [0.25, 0.3) is 0 Å². The van der Waals surface area contributed by atoms with Crippen molar-refractivity contribution in [3.05, 3.63) is 65.2 Å². The van der Waals surface area contributed by atoms with Crippen molar-refractivity contribution in [2.75, 3.05) is 40.3 Å². The minimum absolute atomic E-state index is 0.121. The maximum Gasteiger partial charge on any atom is 0.416 e. The molecule has 0 spiro atoms. The van der Waals surface area contributed by atoms with Gasteiger partial charge in [0.2, 0.25) is 10.0 Å². The predicted octanol–water partition coefficient (Wildman–Crippen LogP) is 2.91. The van der Waals surface area contributed by atoms with Crippen LogP contribution in [0.5, 0.6) is 0 Å². The van der Waals surface area contributed by atoms with Gasteiger partial charge in [0.15, 0.2) is 0 Å². The highest BCUT2D eigenvalue weighted by atomic mass is 32.2. The Morgan fingerprint density at radius 1 is 0.935 bits per heavy atom. The minimum atomic E-state index is -4.35. The van der Waals surface area contributed by atoms with Gasteiger partial charge in [-0.05, 0) is 42.0 Å². The van der Waals surface area contributed by atoms with Crippen molar-refractivity contribution in [1.82, 2.24) is 14.1 Å². The van der Waals surface area contributed by atoms with E-state index in [2.05, 4.69) is 4.90 Å². The molecule has 2 aromatic rings. The normalized spacial score (nSPS) is 16.0. The summed E-state index contributed by atoms with van der Waals surface area (Å²) >= 11 is 0. The van der Waals surface area contributed by atoms with Crippen LogP contribution in [0.15, 0.2) is 53.4 Å². The highest BCUT2D eigenvalue weighted by molar-refractivity contribution is 7.89. The molecule has 1 heterocycles. The Bertz CT molecular complexity index is 1010. The van der Waals surface area contributed by atoms with Crippen molar-refractivity contribution in [2.24, 2.45) is 0 Å². The number of carbonyl (C=O) groups is 1. The number of benzene rings is 2. The number of amides is 1. The Morgan fingerprint density at radius 3 is 1.97 bits per heavy atom.